The van der Waals surface area contributed by atoms with Crippen molar-refractivity contribution in [1.82, 2.24) is 20.1 Å². The zero-order chi connectivity index (χ0) is 25.5. The van der Waals surface area contributed by atoms with Gasteiger partial charge in [0.05, 0.1) is 29.1 Å². The summed E-state index contributed by atoms with van der Waals surface area (Å²) < 4.78 is 31.1. The van der Waals surface area contributed by atoms with Crippen LogP contribution >= 0.6 is 0 Å². The van der Waals surface area contributed by atoms with Gasteiger partial charge >= 0.3 is 0 Å². The van der Waals surface area contributed by atoms with Crippen LogP contribution in [0.3, 0.4) is 0 Å². The number of nitrogen functional groups attached to an aromatic ring is 1. The number of nitrogens with one attached hydrogen (secondary N) is 2. The van der Waals surface area contributed by atoms with E-state index in [1.807, 2.05) is 48.5 Å². The molecular formula is C26H27N5O4S. The minimum atomic E-state index is -3.17. The van der Waals surface area contributed by atoms with Crippen molar-refractivity contribution in [2.45, 2.75) is 13.3 Å². The molecule has 0 aliphatic carbocycles. The molecule has 4 N–H and O–H groups in total. The number of hydrazine groups is 1. The van der Waals surface area contributed by atoms with Gasteiger partial charge in [-0.1, -0.05) is 36.4 Å². The van der Waals surface area contributed by atoms with Crippen molar-refractivity contribution in [3.05, 3.63) is 78.6 Å². The van der Waals surface area contributed by atoms with Crippen molar-refractivity contribution in [1.29, 1.82) is 0 Å². The van der Waals surface area contributed by atoms with Crippen molar-refractivity contribution < 1.29 is 17.9 Å². The molecule has 0 saturated heterocycles. The van der Waals surface area contributed by atoms with Gasteiger partial charge in [-0.2, -0.15) is 0 Å². The van der Waals surface area contributed by atoms with E-state index >= 15 is 0 Å². The second-order valence-electron chi connectivity index (χ2n) is 8.02. The summed E-state index contributed by atoms with van der Waals surface area (Å²) in [4.78, 5) is 21.1. The van der Waals surface area contributed by atoms with Crippen molar-refractivity contribution in [3.8, 4) is 28.1 Å². The van der Waals surface area contributed by atoms with Crippen LogP contribution in [0.2, 0.25) is 0 Å². The highest BCUT2D eigenvalue weighted by Gasteiger charge is 2.13. The molecule has 0 atom stereocenters. The highest BCUT2D eigenvalue weighted by Crippen LogP contribution is 2.28. The molecule has 10 heteroatoms. The number of carbonyl (C=O) groups is 1. The molecule has 2 aromatic heterocycles. The largest absolute Gasteiger partial charge is 0.494 e. The van der Waals surface area contributed by atoms with Crippen LogP contribution in [0.25, 0.3) is 33.3 Å². The number of hydrogen-bond donors (Lipinski definition) is 3. The van der Waals surface area contributed by atoms with E-state index in [4.69, 9.17) is 10.6 Å². The molecule has 186 valence electrons. The number of nitrogens with zero attached hydrogens (tertiary/aromatic N) is 2. The lowest BCUT2D eigenvalue weighted by Crippen LogP contribution is -2.30. The third kappa shape index (κ3) is 6.03. The van der Waals surface area contributed by atoms with Crippen LogP contribution in [-0.4, -0.2) is 43.2 Å². The normalized spacial score (nSPS) is 11.4. The summed E-state index contributed by atoms with van der Waals surface area (Å²) in [6.45, 7) is 2.37. The Morgan fingerprint density at radius 1 is 1.00 bits per heavy atom. The lowest BCUT2D eigenvalue weighted by molar-refractivity contribution is 0.0955. The van der Waals surface area contributed by atoms with Crippen LogP contribution in [0, 0.1) is 0 Å². The van der Waals surface area contributed by atoms with Crippen LogP contribution in [-0.2, 0) is 10.0 Å². The third-order valence-electron chi connectivity index (χ3n) is 5.65. The number of sulfonamides is 1. The van der Waals surface area contributed by atoms with E-state index in [0.717, 1.165) is 16.7 Å². The first-order valence-electron chi connectivity index (χ1n) is 11.5. The topological polar surface area (TPSA) is 136 Å². The van der Waals surface area contributed by atoms with E-state index in [2.05, 4.69) is 20.1 Å². The fourth-order valence-corrected chi connectivity index (χ4v) is 4.31. The molecular weight excluding hydrogens is 478 g/mol. The Morgan fingerprint density at radius 3 is 2.33 bits per heavy atom. The Bertz CT molecular complexity index is 1460. The highest BCUT2D eigenvalue weighted by molar-refractivity contribution is 7.89. The monoisotopic (exact) mass is 505 g/mol. The van der Waals surface area contributed by atoms with Crippen molar-refractivity contribution >= 4 is 26.8 Å². The SMILES string of the molecule is CCS(=O)(=O)NCCCOc1ccc(-c2ccc(-c3cc(C(=O)NN)c4cnccc4n3)cc2)cc1. The first-order chi connectivity index (χ1) is 17.4. The van der Waals surface area contributed by atoms with E-state index < -0.39 is 15.9 Å². The van der Waals surface area contributed by atoms with Crippen LogP contribution in [0.1, 0.15) is 23.7 Å². The van der Waals surface area contributed by atoms with Gasteiger partial charge < -0.3 is 4.74 Å². The molecule has 0 saturated carbocycles. The fraction of sp³-hybridized carbons (Fsp3) is 0.192. The van der Waals surface area contributed by atoms with E-state index in [0.29, 0.717) is 47.5 Å². The summed E-state index contributed by atoms with van der Waals surface area (Å²) in [6, 6.07) is 19.1. The van der Waals surface area contributed by atoms with Crippen LogP contribution in [0.15, 0.2) is 73.1 Å². The number of ether oxygens (including phenoxy) is 1. The molecule has 0 unspecified atom stereocenters. The molecule has 0 fully saturated rings. The Hall–Kier alpha value is -3.86. The van der Waals surface area contributed by atoms with E-state index in [-0.39, 0.29) is 5.75 Å². The Balaban J connectivity index is 1.44. The van der Waals surface area contributed by atoms with Gasteiger partial charge in [-0.05, 0) is 48.7 Å². The first kappa shape index (κ1) is 25.2. The zero-order valence-electron chi connectivity index (χ0n) is 19.8. The number of aromatic nitrogens is 2. The van der Waals surface area contributed by atoms with Crippen molar-refractivity contribution in [2.24, 2.45) is 5.84 Å². The molecule has 4 aromatic rings. The van der Waals surface area contributed by atoms with E-state index in [1.54, 1.807) is 31.5 Å². The smallest absolute Gasteiger partial charge is 0.265 e. The molecule has 0 bridgehead atoms. The Morgan fingerprint density at radius 2 is 1.67 bits per heavy atom. The summed E-state index contributed by atoms with van der Waals surface area (Å²) in [5.41, 5.74) is 6.80. The number of carbonyl (C=O) groups excluding carboxylic acids is 1. The molecule has 2 heterocycles. The molecule has 36 heavy (non-hydrogen) atoms. The van der Waals surface area contributed by atoms with Gasteiger partial charge in [0, 0.05) is 29.9 Å². The predicted molar refractivity (Wildman–Crippen MR) is 140 cm³/mol. The Labute approximate surface area is 209 Å². The molecule has 0 aliphatic heterocycles. The summed E-state index contributed by atoms with van der Waals surface area (Å²) in [5.74, 6) is 5.75. The first-order valence-corrected chi connectivity index (χ1v) is 13.1. The average Bonchev–Trinajstić information content (AvgIpc) is 2.92. The molecule has 4 rings (SSSR count). The quantitative estimate of drug-likeness (QED) is 0.130. The highest BCUT2D eigenvalue weighted by atomic mass is 32.2. The summed E-state index contributed by atoms with van der Waals surface area (Å²) >= 11 is 0. The second kappa shape index (κ2) is 11.3. The second-order valence-corrected chi connectivity index (χ2v) is 10.1. The van der Waals surface area contributed by atoms with Gasteiger partial charge in [-0.3, -0.25) is 15.2 Å². The van der Waals surface area contributed by atoms with Gasteiger partial charge in [0.2, 0.25) is 10.0 Å². The molecule has 0 radical (unpaired) electrons. The van der Waals surface area contributed by atoms with Crippen molar-refractivity contribution in [2.75, 3.05) is 18.9 Å². The van der Waals surface area contributed by atoms with Gasteiger partial charge in [0.25, 0.3) is 5.91 Å². The number of amides is 1. The summed E-state index contributed by atoms with van der Waals surface area (Å²) in [7, 11) is -3.17. The molecule has 1 amide bonds. The van der Waals surface area contributed by atoms with Gasteiger partial charge in [0.15, 0.2) is 0 Å². The molecule has 0 aliphatic rings. The Kier molecular flexibility index (Phi) is 7.89. The lowest BCUT2D eigenvalue weighted by Gasteiger charge is -2.10. The van der Waals surface area contributed by atoms with E-state index in [1.165, 1.54) is 0 Å². The molecule has 0 spiro atoms. The number of fused-ring (bicyclic) bond motifs is 1. The van der Waals surface area contributed by atoms with Crippen LogP contribution in [0.4, 0.5) is 0 Å². The number of nitrogens with two attached hydrogens (primary N) is 1. The lowest BCUT2D eigenvalue weighted by atomic mass is 10.0. The van der Waals surface area contributed by atoms with Crippen LogP contribution in [0.5, 0.6) is 5.75 Å². The minimum Gasteiger partial charge on any atom is -0.494 e. The van der Waals surface area contributed by atoms with Crippen molar-refractivity contribution in [3.63, 3.8) is 0 Å². The molecule has 9 nitrogen and oxygen atoms in total. The fourth-order valence-electron chi connectivity index (χ4n) is 3.65. The summed E-state index contributed by atoms with van der Waals surface area (Å²) in [6.07, 6.45) is 3.81. The third-order valence-corrected chi connectivity index (χ3v) is 7.05. The van der Waals surface area contributed by atoms with Gasteiger partial charge in [0.1, 0.15) is 5.75 Å². The number of pyridine rings is 2. The maximum atomic E-state index is 12.3. The number of hydrogen-bond acceptors (Lipinski definition) is 7. The maximum absolute atomic E-state index is 12.3. The van der Waals surface area contributed by atoms with E-state index in [9.17, 15) is 13.2 Å². The maximum Gasteiger partial charge on any atom is 0.265 e. The predicted octanol–water partition coefficient (Wildman–Crippen LogP) is 3.28. The standard InChI is InChI=1S/C26H27N5O4S/c1-2-36(33,34)29-13-3-15-35-21-10-8-19(9-11-21)18-4-6-20(7-5-18)25-16-22(26(32)31-27)23-17-28-14-12-24(23)30-25/h4-12,14,16-17,29H,2-3,13,15,27H2,1H3,(H,31,32). The van der Waals surface area contributed by atoms with Gasteiger partial charge in [-0.25, -0.2) is 24.0 Å². The minimum absolute atomic E-state index is 0.0687. The number of benzene rings is 2. The zero-order valence-corrected chi connectivity index (χ0v) is 20.6. The summed E-state index contributed by atoms with van der Waals surface area (Å²) in [5, 5.41) is 0.630. The number of rotatable bonds is 10. The molecule has 2 aromatic carbocycles. The van der Waals surface area contributed by atoms with Crippen LogP contribution < -0.4 is 20.7 Å². The van der Waals surface area contributed by atoms with Gasteiger partial charge in [-0.15, -0.1) is 0 Å². The average molecular weight is 506 g/mol.